The summed E-state index contributed by atoms with van der Waals surface area (Å²) in [4.78, 5) is 4.11. The summed E-state index contributed by atoms with van der Waals surface area (Å²) in [7, 11) is -3.26. The Morgan fingerprint density at radius 3 is 2.74 bits per heavy atom. The fourth-order valence-electron chi connectivity index (χ4n) is 1.41. The van der Waals surface area contributed by atoms with E-state index >= 15 is 0 Å². The molecule has 1 aromatic heterocycles. The maximum atomic E-state index is 11.4. The van der Waals surface area contributed by atoms with Crippen molar-refractivity contribution < 1.29 is 12.9 Å². The van der Waals surface area contributed by atoms with Gasteiger partial charge in [0.15, 0.2) is 15.7 Å². The summed E-state index contributed by atoms with van der Waals surface area (Å²) >= 11 is 3.35. The van der Waals surface area contributed by atoms with Crippen molar-refractivity contribution in [2.75, 3.05) is 12.0 Å². The van der Waals surface area contributed by atoms with Gasteiger partial charge in [0.2, 0.25) is 0 Å². The minimum absolute atomic E-state index is 0.131. The fraction of sp³-hybridized carbons (Fsp3) is 0.273. The molecule has 0 spiro atoms. The predicted molar refractivity (Wildman–Crippen MR) is 75.1 cm³/mol. The third kappa shape index (κ3) is 2.95. The Balaban J connectivity index is 2.44. The molecule has 102 valence electrons. The van der Waals surface area contributed by atoms with Gasteiger partial charge in [-0.2, -0.15) is 4.98 Å². The van der Waals surface area contributed by atoms with Gasteiger partial charge in [0.05, 0.1) is 5.56 Å². The molecule has 2 aromatic rings. The van der Waals surface area contributed by atoms with Gasteiger partial charge in [-0.05, 0) is 41.1 Å². The number of benzene rings is 1. The maximum absolute atomic E-state index is 11.4. The third-order valence-electron chi connectivity index (χ3n) is 2.67. The lowest BCUT2D eigenvalue weighted by Gasteiger charge is -2.02. The maximum Gasteiger partial charge on any atom is 0.259 e. The number of nitrogens with two attached hydrogens (primary N) is 1. The quantitative estimate of drug-likeness (QED) is 0.856. The van der Waals surface area contributed by atoms with E-state index in [1.54, 1.807) is 18.2 Å². The number of hydrogen-bond acceptors (Lipinski definition) is 6. The summed E-state index contributed by atoms with van der Waals surface area (Å²) < 4.78 is 28.7. The first-order valence-corrected chi connectivity index (χ1v) is 8.11. The number of aromatic nitrogens is 2. The molecule has 0 aliphatic rings. The van der Waals surface area contributed by atoms with Gasteiger partial charge in [-0.1, -0.05) is 5.16 Å². The second kappa shape index (κ2) is 4.93. The van der Waals surface area contributed by atoms with Crippen LogP contribution in [0.3, 0.4) is 0 Å². The highest BCUT2D eigenvalue weighted by Crippen LogP contribution is 2.30. The molecule has 1 heterocycles. The lowest BCUT2D eigenvalue weighted by Crippen LogP contribution is -2.09. The van der Waals surface area contributed by atoms with Gasteiger partial charge in [0.25, 0.3) is 5.89 Å². The van der Waals surface area contributed by atoms with Gasteiger partial charge in [-0.3, -0.25) is 0 Å². The Kier molecular flexibility index (Phi) is 3.64. The van der Waals surface area contributed by atoms with Gasteiger partial charge in [0.1, 0.15) is 5.25 Å². The molecule has 0 aliphatic heterocycles. The van der Waals surface area contributed by atoms with E-state index < -0.39 is 15.1 Å². The first-order chi connectivity index (χ1) is 8.79. The highest BCUT2D eigenvalue weighted by Gasteiger charge is 2.24. The van der Waals surface area contributed by atoms with Crippen LogP contribution in [-0.2, 0) is 9.84 Å². The number of halogens is 1. The second-order valence-corrected chi connectivity index (χ2v) is 7.39. The van der Waals surface area contributed by atoms with Crippen molar-refractivity contribution in [1.82, 2.24) is 10.1 Å². The molecule has 19 heavy (non-hydrogen) atoms. The predicted octanol–water partition coefficient (Wildman–Crippen LogP) is 2.19. The van der Waals surface area contributed by atoms with E-state index in [0.717, 1.165) is 10.7 Å². The van der Waals surface area contributed by atoms with Crippen LogP contribution in [-0.4, -0.2) is 24.8 Å². The molecule has 1 aromatic carbocycles. The molecule has 8 heteroatoms. The minimum atomic E-state index is -3.26. The van der Waals surface area contributed by atoms with Crippen LogP contribution >= 0.6 is 15.9 Å². The van der Waals surface area contributed by atoms with Gasteiger partial charge in [-0.15, -0.1) is 0 Å². The number of anilines is 1. The molecule has 0 saturated carbocycles. The molecule has 0 bridgehead atoms. The minimum Gasteiger partial charge on any atom is -0.399 e. The Hall–Kier alpha value is -1.41. The van der Waals surface area contributed by atoms with E-state index in [0.29, 0.717) is 11.3 Å². The lowest BCUT2D eigenvalue weighted by atomic mass is 10.2. The van der Waals surface area contributed by atoms with E-state index in [2.05, 4.69) is 26.1 Å². The standard InChI is InChI=1S/C11H12BrN3O3S/c1-6(19(2,16)17)10-14-11(18-15-10)8-5-7(13)3-4-9(8)12/h3-6H,13H2,1-2H3. The van der Waals surface area contributed by atoms with Crippen molar-refractivity contribution in [3.8, 4) is 11.5 Å². The molecule has 0 saturated heterocycles. The summed E-state index contributed by atoms with van der Waals surface area (Å²) in [5.41, 5.74) is 6.87. The summed E-state index contributed by atoms with van der Waals surface area (Å²) in [6, 6.07) is 5.16. The molecule has 1 atom stereocenters. The van der Waals surface area contributed by atoms with Crippen molar-refractivity contribution in [2.45, 2.75) is 12.2 Å². The molecule has 2 rings (SSSR count). The number of hydrogen-bond donors (Lipinski definition) is 1. The smallest absolute Gasteiger partial charge is 0.259 e. The molecule has 0 fully saturated rings. The Bertz CT molecular complexity index is 712. The van der Waals surface area contributed by atoms with Crippen LogP contribution in [0, 0.1) is 0 Å². The number of nitrogen functional groups attached to an aromatic ring is 1. The molecular formula is C11H12BrN3O3S. The zero-order valence-corrected chi connectivity index (χ0v) is 12.7. The van der Waals surface area contributed by atoms with Crippen LogP contribution in [0.1, 0.15) is 18.0 Å². The zero-order valence-electron chi connectivity index (χ0n) is 10.3. The summed E-state index contributed by atoms with van der Waals surface area (Å²) in [6.45, 7) is 1.51. The first kappa shape index (κ1) is 14.0. The van der Waals surface area contributed by atoms with Crippen LogP contribution in [0.15, 0.2) is 27.2 Å². The Labute approximate surface area is 119 Å². The number of nitrogens with zero attached hydrogens (tertiary/aromatic N) is 2. The van der Waals surface area contributed by atoms with Crippen molar-refractivity contribution in [3.05, 3.63) is 28.5 Å². The van der Waals surface area contributed by atoms with Crippen LogP contribution in [0.5, 0.6) is 0 Å². The van der Waals surface area contributed by atoms with Crippen LogP contribution < -0.4 is 5.73 Å². The number of rotatable bonds is 3. The van der Waals surface area contributed by atoms with E-state index in [1.165, 1.54) is 6.92 Å². The zero-order chi connectivity index (χ0) is 14.2. The third-order valence-corrected chi connectivity index (χ3v) is 4.86. The highest BCUT2D eigenvalue weighted by atomic mass is 79.9. The van der Waals surface area contributed by atoms with Gasteiger partial charge < -0.3 is 10.3 Å². The summed E-state index contributed by atoms with van der Waals surface area (Å²) in [5.74, 6) is 0.358. The Morgan fingerprint density at radius 2 is 2.11 bits per heavy atom. The van der Waals surface area contributed by atoms with Crippen LogP contribution in [0.4, 0.5) is 5.69 Å². The number of sulfone groups is 1. The average Bonchev–Trinajstić information content (AvgIpc) is 2.79. The van der Waals surface area contributed by atoms with Crippen LogP contribution in [0.25, 0.3) is 11.5 Å². The van der Waals surface area contributed by atoms with Gasteiger partial charge in [0, 0.05) is 16.4 Å². The first-order valence-electron chi connectivity index (χ1n) is 5.37. The molecule has 2 N–H and O–H groups in total. The van der Waals surface area contributed by atoms with E-state index in [-0.39, 0.29) is 11.7 Å². The largest absolute Gasteiger partial charge is 0.399 e. The SMILES string of the molecule is CC(c1noc(-c2cc(N)ccc2Br)n1)S(C)(=O)=O. The molecule has 0 radical (unpaired) electrons. The monoisotopic (exact) mass is 345 g/mol. The highest BCUT2D eigenvalue weighted by molar-refractivity contribution is 9.10. The van der Waals surface area contributed by atoms with Gasteiger partial charge >= 0.3 is 0 Å². The Morgan fingerprint density at radius 1 is 1.42 bits per heavy atom. The van der Waals surface area contributed by atoms with E-state index in [4.69, 9.17) is 10.3 Å². The van der Waals surface area contributed by atoms with Crippen molar-refractivity contribution in [3.63, 3.8) is 0 Å². The molecule has 1 unspecified atom stereocenters. The summed E-state index contributed by atoms with van der Waals surface area (Å²) in [5, 5.41) is 2.89. The van der Waals surface area contributed by atoms with Gasteiger partial charge in [-0.25, -0.2) is 8.42 Å². The topological polar surface area (TPSA) is 99.1 Å². The van der Waals surface area contributed by atoms with Crippen molar-refractivity contribution in [2.24, 2.45) is 0 Å². The fourth-order valence-corrected chi connectivity index (χ4v) is 2.30. The van der Waals surface area contributed by atoms with E-state index in [1.807, 2.05) is 0 Å². The van der Waals surface area contributed by atoms with E-state index in [9.17, 15) is 8.42 Å². The lowest BCUT2D eigenvalue weighted by molar-refractivity contribution is 0.421. The van der Waals surface area contributed by atoms with Crippen molar-refractivity contribution in [1.29, 1.82) is 0 Å². The normalized spacial score (nSPS) is 13.4. The average molecular weight is 346 g/mol. The molecule has 0 amide bonds. The van der Waals surface area contributed by atoms with Crippen molar-refractivity contribution >= 4 is 31.5 Å². The summed E-state index contributed by atoms with van der Waals surface area (Å²) in [6.07, 6.45) is 1.13. The molecular weight excluding hydrogens is 334 g/mol. The molecule has 6 nitrogen and oxygen atoms in total. The molecule has 0 aliphatic carbocycles. The van der Waals surface area contributed by atoms with Crippen LogP contribution in [0.2, 0.25) is 0 Å². The second-order valence-electron chi connectivity index (χ2n) is 4.17.